The van der Waals surface area contributed by atoms with Crippen molar-refractivity contribution in [3.8, 4) is 22.3 Å². The molecule has 2 atom stereocenters. The van der Waals surface area contributed by atoms with Crippen LogP contribution in [-0.4, -0.2) is 6.04 Å². The molecule has 0 aliphatic heterocycles. The Morgan fingerprint density at radius 1 is 0.500 bits per heavy atom. The van der Waals surface area contributed by atoms with Gasteiger partial charge in [-0.05, 0) is 86.8 Å². The fourth-order valence-corrected chi connectivity index (χ4v) is 10.8. The van der Waals surface area contributed by atoms with Crippen LogP contribution in [0.1, 0.15) is 62.4 Å². The first kappa shape index (κ1) is 33.5. The van der Waals surface area contributed by atoms with E-state index in [9.17, 15) is 0 Å². The fourth-order valence-electron chi connectivity index (χ4n) is 10.8. The molecule has 0 bridgehead atoms. The van der Waals surface area contributed by atoms with E-state index in [0.29, 0.717) is 0 Å². The molecular formula is C55H43NO2. The lowest BCUT2D eigenvalue weighted by atomic mass is 9.82. The van der Waals surface area contributed by atoms with Gasteiger partial charge in [0.15, 0.2) is 0 Å². The highest BCUT2D eigenvalue weighted by molar-refractivity contribution is 6.13. The molecule has 280 valence electrons. The number of anilines is 2. The summed E-state index contributed by atoms with van der Waals surface area (Å²) in [6.45, 7) is 11.8. The van der Waals surface area contributed by atoms with Crippen LogP contribution in [0.25, 0.3) is 71.7 Å². The van der Waals surface area contributed by atoms with E-state index in [1.54, 1.807) is 0 Å². The average Bonchev–Trinajstić information content (AvgIpc) is 3.94. The minimum absolute atomic E-state index is 0.0651. The highest BCUT2D eigenvalue weighted by Gasteiger charge is 2.41. The summed E-state index contributed by atoms with van der Waals surface area (Å²) in [6, 6.07) is 51.2. The standard InChI is InChI=1S/C55H43NO2/c1-32-29-34(33-13-7-6-8-14-33)19-28-47(32)56(35-20-24-43-41(30-35)50-45(54(43,2)3)26-22-39-37-15-9-11-17-48(37)57-52(39)50)36-21-25-44-42(31-36)51-46(55(44,4)5)27-23-40-38-16-10-12-18-49(38)58-53(40)51/h6-32,47H,1-5H3. The topological polar surface area (TPSA) is 29.5 Å². The summed E-state index contributed by atoms with van der Waals surface area (Å²) in [5.74, 6) is 0.221. The summed E-state index contributed by atoms with van der Waals surface area (Å²) in [6.07, 6.45) is 7.18. The van der Waals surface area contributed by atoms with E-state index in [1.807, 2.05) is 0 Å². The van der Waals surface area contributed by atoms with Crippen LogP contribution < -0.4 is 4.90 Å². The first-order valence-corrected chi connectivity index (χ1v) is 20.6. The number of nitrogens with zero attached hydrogens (tertiary/aromatic N) is 1. The van der Waals surface area contributed by atoms with Gasteiger partial charge in [-0.15, -0.1) is 0 Å². The molecule has 3 aliphatic carbocycles. The third-order valence-corrected chi connectivity index (χ3v) is 13.7. The Morgan fingerprint density at radius 3 is 1.50 bits per heavy atom. The lowest BCUT2D eigenvalue weighted by Gasteiger charge is -2.37. The zero-order chi connectivity index (χ0) is 39.1. The lowest BCUT2D eigenvalue weighted by molar-refractivity contribution is 0.611. The Morgan fingerprint density at radius 2 is 0.983 bits per heavy atom. The molecule has 3 heteroatoms. The summed E-state index contributed by atoms with van der Waals surface area (Å²) in [4.78, 5) is 2.58. The number of para-hydroxylation sites is 2. The molecule has 2 heterocycles. The van der Waals surface area contributed by atoms with Crippen molar-refractivity contribution in [2.75, 3.05) is 4.90 Å². The molecule has 0 N–H and O–H groups in total. The SMILES string of the molecule is CC1C=C(c2ccccc2)C=CC1N(c1ccc2c(c1)-c1c(ccc3c1oc1ccccc13)C2(C)C)c1ccc2c(c1)-c1c(ccc3c1oc1ccccc13)C2(C)C. The van der Waals surface area contributed by atoms with Gasteiger partial charge in [0.2, 0.25) is 0 Å². The summed E-state index contributed by atoms with van der Waals surface area (Å²) < 4.78 is 13.5. The summed E-state index contributed by atoms with van der Waals surface area (Å²) >= 11 is 0. The van der Waals surface area contributed by atoms with E-state index >= 15 is 0 Å². The molecule has 0 saturated carbocycles. The normalized spacial score (nSPS) is 18.4. The minimum Gasteiger partial charge on any atom is -0.455 e. The van der Waals surface area contributed by atoms with E-state index in [2.05, 4.69) is 197 Å². The molecule has 0 saturated heterocycles. The Labute approximate surface area is 338 Å². The number of hydrogen-bond donors (Lipinski definition) is 0. The van der Waals surface area contributed by atoms with Crippen LogP contribution in [0.5, 0.6) is 0 Å². The molecule has 0 radical (unpaired) electrons. The van der Waals surface area contributed by atoms with Crippen LogP contribution in [0.3, 0.4) is 0 Å². The molecule has 2 unspecified atom stereocenters. The van der Waals surface area contributed by atoms with Crippen molar-refractivity contribution in [3.05, 3.63) is 186 Å². The maximum Gasteiger partial charge on any atom is 0.143 e. The largest absolute Gasteiger partial charge is 0.455 e. The van der Waals surface area contributed by atoms with Crippen LogP contribution >= 0.6 is 0 Å². The second kappa shape index (κ2) is 11.7. The summed E-state index contributed by atoms with van der Waals surface area (Å²) in [5.41, 5.74) is 18.5. The molecule has 58 heavy (non-hydrogen) atoms. The number of furan rings is 2. The highest BCUT2D eigenvalue weighted by Crippen LogP contribution is 2.56. The van der Waals surface area contributed by atoms with Crippen molar-refractivity contribution in [3.63, 3.8) is 0 Å². The van der Waals surface area contributed by atoms with E-state index in [1.165, 1.54) is 66.4 Å². The van der Waals surface area contributed by atoms with Crippen LogP contribution in [0.15, 0.2) is 167 Å². The zero-order valence-electron chi connectivity index (χ0n) is 33.4. The Kier molecular flexibility index (Phi) is 6.79. The predicted octanol–water partition coefficient (Wildman–Crippen LogP) is 14.9. The van der Waals surface area contributed by atoms with Gasteiger partial charge in [-0.3, -0.25) is 0 Å². The van der Waals surface area contributed by atoms with Gasteiger partial charge in [0, 0.05) is 54.9 Å². The predicted molar refractivity (Wildman–Crippen MR) is 241 cm³/mol. The van der Waals surface area contributed by atoms with Crippen LogP contribution in [-0.2, 0) is 10.8 Å². The summed E-state index contributed by atoms with van der Waals surface area (Å²) in [7, 11) is 0. The quantitative estimate of drug-likeness (QED) is 0.179. The van der Waals surface area contributed by atoms with Crippen molar-refractivity contribution in [1.82, 2.24) is 0 Å². The van der Waals surface area contributed by atoms with E-state index < -0.39 is 0 Å². The molecule has 3 aliphatic rings. The van der Waals surface area contributed by atoms with Crippen LogP contribution in [0.2, 0.25) is 0 Å². The molecule has 7 aromatic carbocycles. The molecular weight excluding hydrogens is 707 g/mol. The maximum atomic E-state index is 6.74. The fraction of sp³-hybridized carbons (Fsp3) is 0.164. The number of benzene rings is 7. The van der Waals surface area contributed by atoms with Crippen molar-refractivity contribution >= 4 is 60.8 Å². The van der Waals surface area contributed by atoms with Gasteiger partial charge in [-0.25, -0.2) is 0 Å². The molecule has 0 fully saturated rings. The van der Waals surface area contributed by atoms with E-state index in [4.69, 9.17) is 8.83 Å². The number of rotatable bonds is 4. The molecule has 3 nitrogen and oxygen atoms in total. The first-order chi connectivity index (χ1) is 28.2. The van der Waals surface area contributed by atoms with Gasteiger partial charge in [0.05, 0.1) is 6.04 Å². The summed E-state index contributed by atoms with van der Waals surface area (Å²) in [5, 5.41) is 4.65. The van der Waals surface area contributed by atoms with Crippen molar-refractivity contribution < 1.29 is 8.83 Å². The van der Waals surface area contributed by atoms with Crippen molar-refractivity contribution in [1.29, 1.82) is 0 Å². The molecule has 9 aromatic rings. The van der Waals surface area contributed by atoms with Crippen molar-refractivity contribution in [2.45, 2.75) is 51.5 Å². The zero-order valence-corrected chi connectivity index (χ0v) is 33.4. The van der Waals surface area contributed by atoms with E-state index in [-0.39, 0.29) is 22.8 Å². The third-order valence-electron chi connectivity index (χ3n) is 13.7. The van der Waals surface area contributed by atoms with Gasteiger partial charge in [-0.1, -0.05) is 156 Å². The van der Waals surface area contributed by atoms with Crippen LogP contribution in [0, 0.1) is 5.92 Å². The second-order valence-electron chi connectivity index (χ2n) is 17.7. The molecule has 12 rings (SSSR count). The van der Waals surface area contributed by atoms with E-state index in [0.717, 1.165) is 44.5 Å². The molecule has 0 amide bonds. The Bertz CT molecular complexity index is 3080. The number of allylic oxidation sites excluding steroid dienone is 2. The smallest absolute Gasteiger partial charge is 0.143 e. The van der Waals surface area contributed by atoms with Crippen LogP contribution in [0.4, 0.5) is 11.4 Å². The number of hydrogen-bond acceptors (Lipinski definition) is 3. The molecule has 2 aromatic heterocycles. The Hall–Kier alpha value is -6.58. The van der Waals surface area contributed by atoms with Gasteiger partial charge in [-0.2, -0.15) is 0 Å². The molecule has 0 spiro atoms. The maximum absolute atomic E-state index is 6.74. The average molecular weight is 750 g/mol. The monoisotopic (exact) mass is 749 g/mol. The Balaban J connectivity index is 1.08. The lowest BCUT2D eigenvalue weighted by Crippen LogP contribution is -2.35. The second-order valence-corrected chi connectivity index (χ2v) is 17.7. The first-order valence-electron chi connectivity index (χ1n) is 20.6. The van der Waals surface area contributed by atoms with Gasteiger partial charge in [0.1, 0.15) is 22.3 Å². The van der Waals surface area contributed by atoms with Crippen molar-refractivity contribution in [2.24, 2.45) is 5.92 Å². The van der Waals surface area contributed by atoms with Gasteiger partial charge < -0.3 is 13.7 Å². The highest BCUT2D eigenvalue weighted by atomic mass is 16.3. The third kappa shape index (κ3) is 4.50. The van der Waals surface area contributed by atoms with Gasteiger partial charge >= 0.3 is 0 Å². The minimum atomic E-state index is -0.173. The number of fused-ring (bicyclic) bond motifs is 14. The van der Waals surface area contributed by atoms with Gasteiger partial charge in [0.25, 0.3) is 0 Å².